The number of nitrogens with one attached hydrogen (secondary N) is 1. The van der Waals surface area contributed by atoms with E-state index in [0.717, 1.165) is 37.7 Å². The first-order valence-electron chi connectivity index (χ1n) is 20.4. The highest BCUT2D eigenvalue weighted by molar-refractivity contribution is 5.87. The number of esters is 1. The quantitative estimate of drug-likeness (QED) is 0.288. The summed E-state index contributed by atoms with van der Waals surface area (Å²) in [6.45, 7) is 16.8. The number of H-pyrrole nitrogens is 1. The average Bonchev–Trinajstić information content (AvgIpc) is 3.89. The molecule has 0 amide bonds. The second-order valence-corrected chi connectivity index (χ2v) is 19.0. The van der Waals surface area contributed by atoms with Crippen LogP contribution in [0.5, 0.6) is 0 Å². The largest absolute Gasteiger partial charge is 0.459 e. The third kappa shape index (κ3) is 5.48. The average molecular weight is 760 g/mol. The minimum Gasteiger partial charge on any atom is -0.459 e. The molecule has 8 rings (SSSR count). The topological polar surface area (TPSA) is 175 Å². The number of Topliss-reactive ketones (excluding diaryl/α,β-unsaturated/α-hetero) is 2. The van der Waals surface area contributed by atoms with Crippen LogP contribution in [0.1, 0.15) is 122 Å². The molecule has 298 valence electrons. The molecule has 2 aromatic rings. The van der Waals surface area contributed by atoms with Crippen molar-refractivity contribution in [2.45, 2.75) is 131 Å². The molecule has 2 aromatic heterocycles. The van der Waals surface area contributed by atoms with Gasteiger partial charge in [0.25, 0.3) is 5.56 Å². The van der Waals surface area contributed by atoms with Crippen molar-refractivity contribution >= 4 is 17.5 Å². The lowest BCUT2D eigenvalue weighted by Crippen LogP contribution is -2.68. The van der Waals surface area contributed by atoms with Crippen LogP contribution in [0.15, 0.2) is 34.1 Å². The zero-order valence-electron chi connectivity index (χ0n) is 33.1. The normalized spacial score (nSPS) is 42.3. The smallest absolute Gasteiger partial charge is 0.330 e. The molecule has 55 heavy (non-hydrogen) atoms. The van der Waals surface area contributed by atoms with E-state index < -0.39 is 35.0 Å². The Balaban J connectivity index is 1.02. The highest BCUT2D eigenvalue weighted by atomic mass is 16.5. The summed E-state index contributed by atoms with van der Waals surface area (Å²) in [4.78, 5) is 69.0. The van der Waals surface area contributed by atoms with Crippen LogP contribution >= 0.6 is 0 Å². The van der Waals surface area contributed by atoms with Crippen molar-refractivity contribution in [2.24, 2.45) is 57.2 Å². The minimum atomic E-state index is -0.739. The predicted octanol–water partition coefficient (Wildman–Crippen LogP) is 5.02. The number of ether oxygens (including phenoxy) is 2. The highest BCUT2D eigenvalue weighted by Gasteiger charge is 2.73. The molecule has 0 unspecified atom stereocenters. The number of fused-ring (bicyclic) bond motifs is 7. The van der Waals surface area contributed by atoms with E-state index in [1.807, 2.05) is 0 Å². The van der Waals surface area contributed by atoms with Crippen molar-refractivity contribution < 1.29 is 29.0 Å². The van der Waals surface area contributed by atoms with Crippen LogP contribution < -0.4 is 11.2 Å². The SMILES string of the molecule is C=C(C)[C@@H]1CC[C@]2(C(=O)OCc3cn([C@H]4C[C@H](n5cc(C)c(=O)[nH]c5=O)O[C@@H]4CO)nn3)CC[C@]3(C)[C@H](CC(=O)[C@@H]4[C@@]5(C)CCC(=O)[C@H](C)[C@@H]5CC[C@]43C)[C@@H]12. The van der Waals surface area contributed by atoms with Crippen LogP contribution in [0.4, 0.5) is 0 Å². The van der Waals surface area contributed by atoms with Gasteiger partial charge in [-0.25, -0.2) is 9.48 Å². The van der Waals surface area contributed by atoms with Crippen molar-refractivity contribution in [3.05, 3.63) is 56.6 Å². The summed E-state index contributed by atoms with van der Waals surface area (Å²) in [7, 11) is 0. The standard InChI is InChI=1S/C42H57N5O8/c1-22(2)26-8-13-42(15-14-40(6)28(34(26)42)16-31(50)35-39(5)11-10-30(49)24(4)27(39)9-12-41(35,40)7)37(52)54-21-25-19-47(45-44-25)29-17-33(55-32(29)20-48)46-18-23(3)36(51)43-38(46)53/h18-19,24,26-29,32-35,48H,1,8-17,20-21H2,2-7H3,(H,43,51,53)/t24-,26+,27+,28-,29+,32-,33-,34-,35-,39+,40-,41-,42+/m1/s1. The highest BCUT2D eigenvalue weighted by Crippen LogP contribution is 2.76. The fourth-order valence-electron chi connectivity index (χ4n) is 13.6. The van der Waals surface area contributed by atoms with Crippen molar-refractivity contribution in [2.75, 3.05) is 6.61 Å². The number of aryl methyl sites for hydroxylation is 1. The number of aliphatic hydroxyl groups excluding tert-OH is 1. The number of allylic oxidation sites excluding steroid dienone is 1. The number of carbonyl (C=O) groups excluding carboxylic acids is 3. The fourth-order valence-corrected chi connectivity index (χ4v) is 13.6. The maximum absolute atomic E-state index is 14.7. The first kappa shape index (κ1) is 38.2. The summed E-state index contributed by atoms with van der Waals surface area (Å²) in [5.74, 6) is 0.557. The van der Waals surface area contributed by atoms with E-state index in [9.17, 15) is 29.1 Å². The summed E-state index contributed by atoms with van der Waals surface area (Å²) in [5, 5.41) is 18.8. The van der Waals surface area contributed by atoms with Gasteiger partial charge in [0.15, 0.2) is 0 Å². The monoisotopic (exact) mass is 759 g/mol. The Morgan fingerprint density at radius 3 is 2.53 bits per heavy atom. The molecule has 1 saturated heterocycles. The number of aromatic amines is 1. The number of aromatic nitrogens is 5. The Morgan fingerprint density at radius 2 is 1.80 bits per heavy atom. The molecular formula is C42H57N5O8. The number of carbonyl (C=O) groups is 3. The van der Waals surface area contributed by atoms with Gasteiger partial charge in [-0.2, -0.15) is 0 Å². The molecule has 0 aromatic carbocycles. The Bertz CT molecular complexity index is 2050. The van der Waals surface area contributed by atoms with Crippen LogP contribution in [-0.2, 0) is 30.5 Å². The lowest BCUT2D eigenvalue weighted by molar-refractivity contribution is -0.224. The van der Waals surface area contributed by atoms with E-state index in [2.05, 4.69) is 56.5 Å². The van der Waals surface area contributed by atoms with Gasteiger partial charge in [-0.3, -0.25) is 28.7 Å². The van der Waals surface area contributed by atoms with Crippen LogP contribution in [0.3, 0.4) is 0 Å². The molecule has 0 radical (unpaired) electrons. The van der Waals surface area contributed by atoms with Gasteiger partial charge in [0.1, 0.15) is 36.2 Å². The van der Waals surface area contributed by atoms with E-state index in [1.165, 1.54) is 10.8 Å². The summed E-state index contributed by atoms with van der Waals surface area (Å²) in [5.41, 5.74) is -0.559. The molecule has 6 aliphatic rings. The molecule has 5 saturated carbocycles. The molecule has 13 atom stereocenters. The van der Waals surface area contributed by atoms with Crippen molar-refractivity contribution in [1.29, 1.82) is 0 Å². The summed E-state index contributed by atoms with van der Waals surface area (Å²) < 4.78 is 15.1. The third-order valence-electron chi connectivity index (χ3n) is 16.6. The zero-order valence-corrected chi connectivity index (χ0v) is 33.1. The van der Waals surface area contributed by atoms with E-state index in [0.29, 0.717) is 54.9 Å². The molecule has 13 nitrogen and oxygen atoms in total. The number of ketones is 2. The van der Waals surface area contributed by atoms with Gasteiger partial charge in [0, 0.05) is 42.9 Å². The molecule has 2 N–H and O–H groups in total. The summed E-state index contributed by atoms with van der Waals surface area (Å²) in [6.07, 6.45) is 8.68. The fraction of sp³-hybridized carbons (Fsp3) is 0.738. The van der Waals surface area contributed by atoms with Crippen molar-refractivity contribution in [1.82, 2.24) is 24.5 Å². The Hall–Kier alpha value is -3.71. The minimum absolute atomic E-state index is 0.0138. The van der Waals surface area contributed by atoms with Gasteiger partial charge < -0.3 is 14.6 Å². The maximum atomic E-state index is 14.7. The Labute approximate surface area is 321 Å². The predicted molar refractivity (Wildman–Crippen MR) is 200 cm³/mol. The lowest BCUT2D eigenvalue weighted by atomic mass is 9.33. The first-order valence-corrected chi connectivity index (χ1v) is 20.4. The third-order valence-corrected chi connectivity index (χ3v) is 16.6. The molecule has 0 bridgehead atoms. The molecule has 6 fully saturated rings. The zero-order chi connectivity index (χ0) is 39.4. The van der Waals surface area contributed by atoms with Gasteiger partial charge in [0.05, 0.1) is 24.3 Å². The number of hydrogen-bond donors (Lipinski definition) is 2. The number of nitrogens with zero attached hydrogens (tertiary/aromatic N) is 4. The van der Waals surface area contributed by atoms with Crippen LogP contribution in [-0.4, -0.2) is 59.9 Å². The van der Waals surface area contributed by atoms with E-state index in [1.54, 1.807) is 17.8 Å². The van der Waals surface area contributed by atoms with Gasteiger partial charge in [-0.05, 0) is 98.7 Å². The van der Waals surface area contributed by atoms with Crippen molar-refractivity contribution in [3.8, 4) is 0 Å². The number of rotatable bonds is 7. The molecule has 13 heteroatoms. The molecule has 1 aliphatic heterocycles. The Kier molecular flexibility index (Phi) is 9.15. The van der Waals surface area contributed by atoms with E-state index >= 15 is 0 Å². The first-order chi connectivity index (χ1) is 26.0. The van der Waals surface area contributed by atoms with Crippen LogP contribution in [0, 0.1) is 64.1 Å². The summed E-state index contributed by atoms with van der Waals surface area (Å²) >= 11 is 0. The summed E-state index contributed by atoms with van der Waals surface area (Å²) in [6, 6.07) is -0.458. The van der Waals surface area contributed by atoms with E-state index in [-0.39, 0.29) is 70.9 Å². The molecule has 0 spiro atoms. The van der Waals surface area contributed by atoms with Gasteiger partial charge in [-0.15, -0.1) is 5.10 Å². The van der Waals surface area contributed by atoms with Gasteiger partial charge in [0.2, 0.25) is 0 Å². The second kappa shape index (κ2) is 13.2. The van der Waals surface area contributed by atoms with Crippen molar-refractivity contribution in [3.63, 3.8) is 0 Å². The molecule has 5 aliphatic carbocycles. The lowest BCUT2D eigenvalue weighted by Gasteiger charge is -2.70. The van der Waals surface area contributed by atoms with Crippen LogP contribution in [0.25, 0.3) is 0 Å². The van der Waals surface area contributed by atoms with Gasteiger partial charge in [-0.1, -0.05) is 45.1 Å². The Morgan fingerprint density at radius 1 is 1.04 bits per heavy atom. The molecule has 3 heterocycles. The van der Waals surface area contributed by atoms with E-state index in [4.69, 9.17) is 9.47 Å². The van der Waals surface area contributed by atoms with Gasteiger partial charge >= 0.3 is 11.7 Å². The second-order valence-electron chi connectivity index (χ2n) is 19.0. The maximum Gasteiger partial charge on any atom is 0.330 e. The van der Waals surface area contributed by atoms with Crippen LogP contribution in [0.2, 0.25) is 0 Å². The molecular weight excluding hydrogens is 702 g/mol. The number of hydrogen-bond acceptors (Lipinski definition) is 10. The number of aliphatic hydroxyl groups is 1.